The number of fused-ring (bicyclic) bond motifs is 1. The van der Waals surface area contributed by atoms with E-state index in [1.807, 2.05) is 6.07 Å². The number of nitrogens with two attached hydrogens (primary N) is 1. The van der Waals surface area contributed by atoms with Crippen molar-refractivity contribution in [1.29, 1.82) is 0 Å². The standard InChI is InChI=1S/C16H17N3S/c1-19(11-14-6-4-8-20-14)16-15-7-3-2-5-12(15)9-13(10-17)18-16/h2-9H,10-11,17H2,1H3. The third-order valence-electron chi connectivity index (χ3n) is 3.32. The monoisotopic (exact) mass is 283 g/mol. The van der Waals surface area contributed by atoms with Crippen LogP contribution in [0.4, 0.5) is 5.82 Å². The van der Waals surface area contributed by atoms with Crippen molar-refractivity contribution >= 4 is 27.9 Å². The van der Waals surface area contributed by atoms with Gasteiger partial charge in [0.2, 0.25) is 0 Å². The van der Waals surface area contributed by atoms with Crippen LogP contribution in [0.1, 0.15) is 10.6 Å². The lowest BCUT2D eigenvalue weighted by molar-refractivity contribution is 0.897. The molecule has 3 aromatic rings. The quantitative estimate of drug-likeness (QED) is 0.798. The number of benzene rings is 1. The Labute approximate surface area is 122 Å². The van der Waals surface area contributed by atoms with Gasteiger partial charge >= 0.3 is 0 Å². The average Bonchev–Trinajstić information content (AvgIpc) is 2.98. The van der Waals surface area contributed by atoms with E-state index in [1.54, 1.807) is 11.3 Å². The molecule has 3 rings (SSSR count). The second-order valence-corrected chi connectivity index (χ2v) is 5.83. The number of thiophene rings is 1. The zero-order valence-electron chi connectivity index (χ0n) is 11.4. The fourth-order valence-corrected chi connectivity index (χ4v) is 3.10. The Bertz CT molecular complexity index is 707. The van der Waals surface area contributed by atoms with E-state index in [1.165, 1.54) is 15.6 Å². The predicted octanol–water partition coefficient (Wildman–Crippen LogP) is 3.39. The van der Waals surface area contributed by atoms with Gasteiger partial charge in [-0.25, -0.2) is 4.98 Å². The second kappa shape index (κ2) is 5.61. The summed E-state index contributed by atoms with van der Waals surface area (Å²) in [5.41, 5.74) is 6.69. The zero-order chi connectivity index (χ0) is 13.9. The molecular formula is C16H17N3S. The summed E-state index contributed by atoms with van der Waals surface area (Å²) in [5, 5.41) is 4.46. The van der Waals surface area contributed by atoms with Crippen molar-refractivity contribution in [2.75, 3.05) is 11.9 Å². The molecule has 3 nitrogen and oxygen atoms in total. The molecule has 2 N–H and O–H groups in total. The maximum Gasteiger partial charge on any atom is 0.136 e. The summed E-state index contributed by atoms with van der Waals surface area (Å²) in [7, 11) is 2.08. The first-order valence-electron chi connectivity index (χ1n) is 6.60. The first-order valence-corrected chi connectivity index (χ1v) is 7.48. The molecule has 0 aliphatic carbocycles. The minimum Gasteiger partial charge on any atom is -0.354 e. The average molecular weight is 283 g/mol. The minimum atomic E-state index is 0.463. The number of anilines is 1. The van der Waals surface area contributed by atoms with Crippen molar-refractivity contribution < 1.29 is 0 Å². The number of aromatic nitrogens is 1. The van der Waals surface area contributed by atoms with Gasteiger partial charge in [-0.15, -0.1) is 11.3 Å². The summed E-state index contributed by atoms with van der Waals surface area (Å²) in [6, 6.07) is 14.6. The third-order valence-corrected chi connectivity index (χ3v) is 4.18. The minimum absolute atomic E-state index is 0.463. The molecule has 0 unspecified atom stereocenters. The molecule has 102 valence electrons. The summed E-state index contributed by atoms with van der Waals surface area (Å²) in [4.78, 5) is 8.22. The third kappa shape index (κ3) is 2.53. The van der Waals surface area contributed by atoms with E-state index < -0.39 is 0 Å². The number of pyridine rings is 1. The van der Waals surface area contributed by atoms with E-state index in [-0.39, 0.29) is 0 Å². The molecule has 0 radical (unpaired) electrons. The van der Waals surface area contributed by atoms with Gasteiger partial charge < -0.3 is 10.6 Å². The van der Waals surface area contributed by atoms with Gasteiger partial charge in [-0.2, -0.15) is 0 Å². The largest absolute Gasteiger partial charge is 0.354 e. The maximum absolute atomic E-state index is 5.77. The molecule has 0 atom stereocenters. The highest BCUT2D eigenvalue weighted by atomic mass is 32.1. The SMILES string of the molecule is CN(Cc1cccs1)c1nc(CN)cc2ccccc12. The van der Waals surface area contributed by atoms with Crippen molar-refractivity contribution in [3.05, 3.63) is 58.4 Å². The smallest absolute Gasteiger partial charge is 0.136 e. The van der Waals surface area contributed by atoms with Gasteiger partial charge in [0.1, 0.15) is 5.82 Å². The Morgan fingerprint density at radius 1 is 1.20 bits per heavy atom. The van der Waals surface area contributed by atoms with Gasteiger partial charge in [-0.3, -0.25) is 0 Å². The second-order valence-electron chi connectivity index (χ2n) is 4.80. The van der Waals surface area contributed by atoms with Gasteiger partial charge in [0.25, 0.3) is 0 Å². The molecule has 2 aromatic heterocycles. The summed E-state index contributed by atoms with van der Waals surface area (Å²) >= 11 is 1.77. The lowest BCUT2D eigenvalue weighted by atomic mass is 10.1. The molecule has 0 saturated heterocycles. The van der Waals surface area contributed by atoms with Crippen molar-refractivity contribution in [3.8, 4) is 0 Å². The van der Waals surface area contributed by atoms with E-state index in [0.717, 1.165) is 18.1 Å². The molecule has 0 spiro atoms. The normalized spacial score (nSPS) is 10.9. The molecule has 4 heteroatoms. The summed E-state index contributed by atoms with van der Waals surface area (Å²) < 4.78 is 0. The van der Waals surface area contributed by atoms with Crippen LogP contribution >= 0.6 is 11.3 Å². The van der Waals surface area contributed by atoms with E-state index in [2.05, 4.69) is 53.7 Å². The number of hydrogen-bond acceptors (Lipinski definition) is 4. The molecule has 0 fully saturated rings. The summed E-state index contributed by atoms with van der Waals surface area (Å²) in [6.45, 7) is 1.33. The molecule has 0 aliphatic rings. The van der Waals surface area contributed by atoms with Crippen molar-refractivity contribution in [2.24, 2.45) is 5.73 Å². The molecule has 0 aliphatic heterocycles. The van der Waals surface area contributed by atoms with Crippen molar-refractivity contribution in [2.45, 2.75) is 13.1 Å². The highest BCUT2D eigenvalue weighted by Crippen LogP contribution is 2.26. The Morgan fingerprint density at radius 2 is 2.05 bits per heavy atom. The zero-order valence-corrected chi connectivity index (χ0v) is 12.2. The number of rotatable bonds is 4. The van der Waals surface area contributed by atoms with E-state index >= 15 is 0 Å². The van der Waals surface area contributed by atoms with Crippen LogP contribution in [0.5, 0.6) is 0 Å². The molecule has 0 saturated carbocycles. The highest BCUT2D eigenvalue weighted by molar-refractivity contribution is 7.09. The van der Waals surface area contributed by atoms with Crippen LogP contribution in [-0.4, -0.2) is 12.0 Å². The maximum atomic E-state index is 5.77. The summed E-state index contributed by atoms with van der Waals surface area (Å²) in [6.07, 6.45) is 0. The summed E-state index contributed by atoms with van der Waals surface area (Å²) in [5.74, 6) is 0.997. The van der Waals surface area contributed by atoms with E-state index in [0.29, 0.717) is 6.54 Å². The lowest BCUT2D eigenvalue weighted by Gasteiger charge is -2.20. The van der Waals surface area contributed by atoms with Crippen LogP contribution in [0.25, 0.3) is 10.8 Å². The Morgan fingerprint density at radius 3 is 2.80 bits per heavy atom. The van der Waals surface area contributed by atoms with Crippen LogP contribution in [0.15, 0.2) is 47.8 Å². The van der Waals surface area contributed by atoms with Gasteiger partial charge in [-0.05, 0) is 22.9 Å². The molecule has 1 aromatic carbocycles. The van der Waals surface area contributed by atoms with E-state index in [9.17, 15) is 0 Å². The van der Waals surface area contributed by atoms with Crippen LogP contribution in [-0.2, 0) is 13.1 Å². The fraction of sp³-hybridized carbons (Fsp3) is 0.188. The molecule has 2 heterocycles. The van der Waals surface area contributed by atoms with E-state index in [4.69, 9.17) is 10.7 Å². The molecule has 0 bridgehead atoms. The molecule has 0 amide bonds. The van der Waals surface area contributed by atoms with Gasteiger partial charge in [0.15, 0.2) is 0 Å². The van der Waals surface area contributed by atoms with Crippen LogP contribution in [0, 0.1) is 0 Å². The van der Waals surface area contributed by atoms with Crippen molar-refractivity contribution in [3.63, 3.8) is 0 Å². The van der Waals surface area contributed by atoms with Crippen LogP contribution in [0.3, 0.4) is 0 Å². The molecule has 20 heavy (non-hydrogen) atoms. The first-order chi connectivity index (χ1) is 9.78. The lowest BCUT2D eigenvalue weighted by Crippen LogP contribution is -2.18. The topological polar surface area (TPSA) is 42.2 Å². The highest BCUT2D eigenvalue weighted by Gasteiger charge is 2.10. The Balaban J connectivity index is 2.04. The Kier molecular flexibility index (Phi) is 3.67. The van der Waals surface area contributed by atoms with Gasteiger partial charge in [-0.1, -0.05) is 30.3 Å². The van der Waals surface area contributed by atoms with Gasteiger partial charge in [0, 0.05) is 23.9 Å². The van der Waals surface area contributed by atoms with Gasteiger partial charge in [0.05, 0.1) is 12.2 Å². The van der Waals surface area contributed by atoms with Crippen molar-refractivity contribution in [1.82, 2.24) is 4.98 Å². The Hall–Kier alpha value is -1.91. The predicted molar refractivity (Wildman–Crippen MR) is 86.1 cm³/mol. The fourth-order valence-electron chi connectivity index (χ4n) is 2.34. The van der Waals surface area contributed by atoms with Crippen LogP contribution < -0.4 is 10.6 Å². The number of nitrogens with zero attached hydrogens (tertiary/aromatic N) is 2. The van der Waals surface area contributed by atoms with Crippen LogP contribution in [0.2, 0.25) is 0 Å². The first kappa shape index (κ1) is 13.1. The number of hydrogen-bond donors (Lipinski definition) is 1. The molecular weight excluding hydrogens is 266 g/mol.